The van der Waals surface area contributed by atoms with Gasteiger partial charge in [-0.1, -0.05) is 91.0 Å². The fraction of sp³-hybridized carbons (Fsp3) is 0.250. The summed E-state index contributed by atoms with van der Waals surface area (Å²) in [5.41, 5.74) is 3.66. The summed E-state index contributed by atoms with van der Waals surface area (Å²) in [7, 11) is 0. The van der Waals surface area contributed by atoms with Crippen LogP contribution in [0.4, 0.5) is 0 Å². The first-order valence-corrected chi connectivity index (χ1v) is 9.23. The lowest BCUT2D eigenvalue weighted by Gasteiger charge is -2.36. The number of benzene rings is 3. The van der Waals surface area contributed by atoms with Crippen molar-refractivity contribution in [3.8, 4) is 0 Å². The van der Waals surface area contributed by atoms with E-state index in [2.05, 4.69) is 91.0 Å². The number of hydrogen-bond acceptors (Lipinski definition) is 2. The Morgan fingerprint density at radius 1 is 0.615 bits per heavy atom. The second-order valence-electron chi connectivity index (χ2n) is 6.44. The molecule has 3 aromatic rings. The molecule has 0 aliphatic rings. The van der Waals surface area contributed by atoms with E-state index >= 15 is 0 Å². The van der Waals surface area contributed by atoms with Gasteiger partial charge in [0.05, 0.1) is 13.2 Å². The predicted octanol–water partition coefficient (Wildman–Crippen LogP) is 4.81. The lowest BCUT2D eigenvalue weighted by Crippen LogP contribution is -2.30. The molecule has 3 rings (SSSR count). The predicted molar refractivity (Wildman–Crippen MR) is 106 cm³/mol. The Balaban J connectivity index is 2.06. The number of ether oxygens (including phenoxy) is 1. The highest BCUT2D eigenvalue weighted by Crippen LogP contribution is 2.42. The molecule has 0 heterocycles. The maximum atomic E-state index is 8.93. The summed E-state index contributed by atoms with van der Waals surface area (Å²) in [4.78, 5) is 0. The second kappa shape index (κ2) is 9.33. The molecule has 0 atom stereocenters. The Morgan fingerprint density at radius 2 is 1.04 bits per heavy atom. The smallest absolute Gasteiger partial charge is 0.0697 e. The van der Waals surface area contributed by atoms with E-state index in [0.717, 1.165) is 12.8 Å². The Morgan fingerprint density at radius 3 is 1.42 bits per heavy atom. The van der Waals surface area contributed by atoms with Crippen molar-refractivity contribution in [1.29, 1.82) is 0 Å². The van der Waals surface area contributed by atoms with Gasteiger partial charge in [-0.3, -0.25) is 0 Å². The number of rotatable bonds is 9. The van der Waals surface area contributed by atoms with E-state index in [4.69, 9.17) is 9.84 Å². The van der Waals surface area contributed by atoms with Crippen LogP contribution in [0.15, 0.2) is 91.0 Å². The van der Waals surface area contributed by atoms with Crippen molar-refractivity contribution in [2.75, 3.05) is 19.8 Å². The molecule has 0 amide bonds. The number of aliphatic hydroxyl groups is 1. The molecule has 3 aromatic carbocycles. The van der Waals surface area contributed by atoms with Crippen molar-refractivity contribution in [2.24, 2.45) is 0 Å². The summed E-state index contributed by atoms with van der Waals surface area (Å²) in [6.45, 7) is 1.12. The highest BCUT2D eigenvalue weighted by atomic mass is 16.5. The lowest BCUT2D eigenvalue weighted by molar-refractivity contribution is 0.0881. The van der Waals surface area contributed by atoms with E-state index in [1.54, 1.807) is 0 Å². The van der Waals surface area contributed by atoms with Gasteiger partial charge in [0.25, 0.3) is 0 Å². The first kappa shape index (κ1) is 18.4. The van der Waals surface area contributed by atoms with Gasteiger partial charge in [-0.15, -0.1) is 0 Å². The van der Waals surface area contributed by atoms with Gasteiger partial charge in [0, 0.05) is 12.0 Å². The molecule has 0 saturated heterocycles. The molecule has 0 aliphatic carbocycles. The topological polar surface area (TPSA) is 29.5 Å². The van der Waals surface area contributed by atoms with Gasteiger partial charge in [-0.25, -0.2) is 0 Å². The van der Waals surface area contributed by atoms with Gasteiger partial charge in [0.15, 0.2) is 0 Å². The van der Waals surface area contributed by atoms with E-state index in [1.165, 1.54) is 16.7 Å². The van der Waals surface area contributed by atoms with Crippen molar-refractivity contribution >= 4 is 0 Å². The van der Waals surface area contributed by atoms with Gasteiger partial charge in [-0.2, -0.15) is 0 Å². The molecule has 2 nitrogen and oxygen atoms in total. The summed E-state index contributed by atoms with van der Waals surface area (Å²) >= 11 is 0. The van der Waals surface area contributed by atoms with Crippen molar-refractivity contribution in [1.82, 2.24) is 0 Å². The fourth-order valence-corrected chi connectivity index (χ4v) is 3.71. The number of aliphatic hydroxyl groups excluding tert-OH is 1. The van der Waals surface area contributed by atoms with E-state index in [1.807, 2.05) is 0 Å². The zero-order valence-corrected chi connectivity index (χ0v) is 15.1. The normalized spacial score (nSPS) is 11.4. The van der Waals surface area contributed by atoms with Gasteiger partial charge in [0.2, 0.25) is 0 Å². The first-order valence-electron chi connectivity index (χ1n) is 9.23. The summed E-state index contributed by atoms with van der Waals surface area (Å²) in [6, 6.07) is 32.1. The molecule has 0 saturated carbocycles. The molecule has 26 heavy (non-hydrogen) atoms. The minimum atomic E-state index is -0.216. The van der Waals surface area contributed by atoms with E-state index in [9.17, 15) is 0 Å². The third-order valence-corrected chi connectivity index (χ3v) is 4.88. The van der Waals surface area contributed by atoms with Crippen molar-refractivity contribution in [3.63, 3.8) is 0 Å². The van der Waals surface area contributed by atoms with Crippen molar-refractivity contribution < 1.29 is 9.84 Å². The zero-order valence-electron chi connectivity index (χ0n) is 15.1. The first-order chi connectivity index (χ1) is 12.9. The average Bonchev–Trinajstić information content (AvgIpc) is 2.73. The zero-order chi connectivity index (χ0) is 18.1. The molecule has 134 valence electrons. The summed E-state index contributed by atoms with van der Waals surface area (Å²) < 4.78 is 5.54. The molecular formula is C24H26O2. The molecule has 0 spiro atoms. The third kappa shape index (κ3) is 4.04. The van der Waals surface area contributed by atoms with Crippen LogP contribution < -0.4 is 0 Å². The molecule has 0 unspecified atom stereocenters. The van der Waals surface area contributed by atoms with Gasteiger partial charge >= 0.3 is 0 Å². The fourth-order valence-electron chi connectivity index (χ4n) is 3.71. The average molecular weight is 346 g/mol. The molecule has 1 N–H and O–H groups in total. The summed E-state index contributed by atoms with van der Waals surface area (Å²) in [5.74, 6) is 0. The Kier molecular flexibility index (Phi) is 6.59. The highest BCUT2D eigenvalue weighted by molar-refractivity contribution is 5.50. The van der Waals surface area contributed by atoms with Crippen LogP contribution >= 0.6 is 0 Å². The monoisotopic (exact) mass is 346 g/mol. The van der Waals surface area contributed by atoms with Crippen LogP contribution in [0.2, 0.25) is 0 Å². The van der Waals surface area contributed by atoms with E-state index in [0.29, 0.717) is 13.2 Å². The maximum Gasteiger partial charge on any atom is 0.0697 e. The van der Waals surface area contributed by atoms with Gasteiger partial charge in [0.1, 0.15) is 0 Å². The molecule has 0 aliphatic heterocycles. The van der Waals surface area contributed by atoms with Crippen LogP contribution in [-0.4, -0.2) is 24.9 Å². The van der Waals surface area contributed by atoms with Gasteiger partial charge in [-0.05, 0) is 29.5 Å². The molecule has 0 bridgehead atoms. The van der Waals surface area contributed by atoms with Crippen LogP contribution in [-0.2, 0) is 10.2 Å². The Hall–Kier alpha value is -2.42. The Bertz CT molecular complexity index is 657. The minimum Gasteiger partial charge on any atom is -0.394 e. The van der Waals surface area contributed by atoms with Crippen molar-refractivity contribution in [3.05, 3.63) is 108 Å². The van der Waals surface area contributed by atoms with E-state index < -0.39 is 0 Å². The van der Waals surface area contributed by atoms with Crippen LogP contribution in [0.5, 0.6) is 0 Å². The van der Waals surface area contributed by atoms with Crippen LogP contribution in [0.25, 0.3) is 0 Å². The molecule has 0 radical (unpaired) electrons. The highest BCUT2D eigenvalue weighted by Gasteiger charge is 2.35. The summed E-state index contributed by atoms with van der Waals surface area (Å²) in [6.07, 6.45) is 1.86. The number of hydrogen-bond donors (Lipinski definition) is 1. The molecule has 0 aromatic heterocycles. The maximum absolute atomic E-state index is 8.93. The summed E-state index contributed by atoms with van der Waals surface area (Å²) in [5, 5.41) is 8.93. The quantitative estimate of drug-likeness (QED) is 0.445. The largest absolute Gasteiger partial charge is 0.394 e. The molecule has 0 fully saturated rings. The van der Waals surface area contributed by atoms with Crippen molar-refractivity contribution in [2.45, 2.75) is 18.3 Å². The second-order valence-corrected chi connectivity index (χ2v) is 6.44. The minimum absolute atomic E-state index is 0.0706. The van der Waals surface area contributed by atoms with Gasteiger partial charge < -0.3 is 9.84 Å². The standard InChI is InChI=1S/C24H26O2/c25-18-20-26-19-10-17-24(21-11-4-1-5-12-21,22-13-6-2-7-14-22)23-15-8-3-9-16-23/h1-9,11-16,25H,10,17-20H2. The molecular weight excluding hydrogens is 320 g/mol. The van der Waals surface area contributed by atoms with Crippen LogP contribution in [0.3, 0.4) is 0 Å². The Labute approximate surface area is 156 Å². The molecule has 2 heteroatoms. The SMILES string of the molecule is OCCOCCCC(c1ccccc1)(c1ccccc1)c1ccccc1. The third-order valence-electron chi connectivity index (χ3n) is 4.88. The van der Waals surface area contributed by atoms with Crippen LogP contribution in [0.1, 0.15) is 29.5 Å². The lowest BCUT2D eigenvalue weighted by atomic mass is 9.67. The van der Waals surface area contributed by atoms with E-state index in [-0.39, 0.29) is 12.0 Å². The van der Waals surface area contributed by atoms with Crippen LogP contribution in [0, 0.1) is 0 Å².